The van der Waals surface area contributed by atoms with Gasteiger partial charge in [0.1, 0.15) is 0 Å². The molecule has 0 saturated heterocycles. The molecule has 0 radical (unpaired) electrons. The average molecular weight is 359 g/mol. The van der Waals surface area contributed by atoms with Crippen molar-refractivity contribution in [3.63, 3.8) is 0 Å². The van der Waals surface area contributed by atoms with Crippen LogP contribution in [-0.2, 0) is 16.6 Å². The van der Waals surface area contributed by atoms with Gasteiger partial charge in [0.15, 0.2) is 5.76 Å². The molecule has 1 amide bonds. The average Bonchev–Trinajstić information content (AvgIpc) is 2.96. The molecule has 0 unspecified atom stereocenters. The standard InChI is InChI=1S/C14H15F2N3O4S/c1-9-6-11(23-19-9)7-17-14(20)10-2-4-12(5-3-10)24(21,22)18-8-13(15)16/h2-6,13,18H,7-8H2,1H3,(H,17,20). The Morgan fingerprint density at radius 1 is 1.29 bits per heavy atom. The second kappa shape index (κ2) is 7.49. The maximum Gasteiger partial charge on any atom is 0.251 e. The van der Waals surface area contributed by atoms with Gasteiger partial charge in [-0.2, -0.15) is 0 Å². The maximum atomic E-state index is 12.1. The number of carbonyl (C=O) groups is 1. The van der Waals surface area contributed by atoms with Gasteiger partial charge in [0, 0.05) is 11.6 Å². The van der Waals surface area contributed by atoms with Gasteiger partial charge >= 0.3 is 0 Å². The smallest absolute Gasteiger partial charge is 0.251 e. The highest BCUT2D eigenvalue weighted by Crippen LogP contribution is 2.11. The van der Waals surface area contributed by atoms with E-state index in [1.807, 2.05) is 0 Å². The predicted molar refractivity (Wildman–Crippen MR) is 80.0 cm³/mol. The zero-order valence-corrected chi connectivity index (χ0v) is 13.4. The van der Waals surface area contributed by atoms with Gasteiger partial charge in [0.05, 0.1) is 23.7 Å². The molecular formula is C14H15F2N3O4S. The van der Waals surface area contributed by atoms with Crippen LogP contribution in [0, 0.1) is 6.92 Å². The number of alkyl halides is 2. The summed E-state index contributed by atoms with van der Waals surface area (Å²) in [7, 11) is -4.04. The lowest BCUT2D eigenvalue weighted by molar-refractivity contribution is 0.0947. The van der Waals surface area contributed by atoms with Crippen LogP contribution >= 0.6 is 0 Å². The number of nitrogens with zero attached hydrogens (tertiary/aromatic N) is 1. The van der Waals surface area contributed by atoms with Crippen molar-refractivity contribution in [3.05, 3.63) is 47.3 Å². The molecule has 2 rings (SSSR count). The Morgan fingerprint density at radius 3 is 2.50 bits per heavy atom. The lowest BCUT2D eigenvalue weighted by atomic mass is 10.2. The van der Waals surface area contributed by atoms with E-state index >= 15 is 0 Å². The molecule has 1 aromatic heterocycles. The maximum absolute atomic E-state index is 12.1. The van der Waals surface area contributed by atoms with Crippen molar-refractivity contribution in [2.24, 2.45) is 0 Å². The van der Waals surface area contributed by atoms with Crippen molar-refractivity contribution in [2.45, 2.75) is 24.8 Å². The Morgan fingerprint density at radius 2 is 1.96 bits per heavy atom. The van der Waals surface area contributed by atoms with Crippen molar-refractivity contribution in [1.82, 2.24) is 15.2 Å². The number of hydrogen-bond donors (Lipinski definition) is 2. The third-order valence-electron chi connectivity index (χ3n) is 2.95. The van der Waals surface area contributed by atoms with Crippen LogP contribution in [0.4, 0.5) is 8.78 Å². The Labute approximate surface area is 137 Å². The molecule has 1 aromatic carbocycles. The normalized spacial score (nSPS) is 11.7. The van der Waals surface area contributed by atoms with Crippen molar-refractivity contribution >= 4 is 15.9 Å². The van der Waals surface area contributed by atoms with Gasteiger partial charge in [-0.15, -0.1) is 0 Å². The van der Waals surface area contributed by atoms with E-state index in [0.29, 0.717) is 11.5 Å². The lowest BCUT2D eigenvalue weighted by Crippen LogP contribution is -2.28. The fourth-order valence-corrected chi connectivity index (χ4v) is 2.82. The Bertz CT molecular complexity index is 804. The van der Waals surface area contributed by atoms with Crippen molar-refractivity contribution in [1.29, 1.82) is 0 Å². The molecule has 0 aliphatic rings. The molecule has 1 heterocycles. The molecule has 24 heavy (non-hydrogen) atoms. The van der Waals surface area contributed by atoms with Crippen LogP contribution in [0.15, 0.2) is 39.8 Å². The van der Waals surface area contributed by atoms with Crippen LogP contribution in [0.5, 0.6) is 0 Å². The molecule has 0 bridgehead atoms. The molecule has 2 aromatic rings. The van der Waals surface area contributed by atoms with Crippen molar-refractivity contribution in [2.75, 3.05) is 6.54 Å². The minimum Gasteiger partial charge on any atom is -0.359 e. The number of hydrogen-bond acceptors (Lipinski definition) is 5. The molecule has 10 heteroatoms. The molecule has 7 nitrogen and oxygen atoms in total. The molecule has 0 aliphatic heterocycles. The summed E-state index contributed by atoms with van der Waals surface area (Å²) in [6, 6.07) is 6.59. The van der Waals surface area contributed by atoms with Gasteiger partial charge in [-0.1, -0.05) is 5.16 Å². The molecule has 130 valence electrons. The quantitative estimate of drug-likeness (QED) is 0.779. The van der Waals surface area contributed by atoms with E-state index in [1.165, 1.54) is 24.3 Å². The van der Waals surface area contributed by atoms with Gasteiger partial charge in [0.2, 0.25) is 10.0 Å². The second-order valence-electron chi connectivity index (χ2n) is 4.88. The van der Waals surface area contributed by atoms with E-state index in [0.717, 1.165) is 0 Å². The van der Waals surface area contributed by atoms with Gasteiger partial charge in [-0.25, -0.2) is 21.9 Å². The summed E-state index contributed by atoms with van der Waals surface area (Å²) in [6.07, 6.45) is -2.79. The predicted octanol–water partition coefficient (Wildman–Crippen LogP) is 1.46. The SMILES string of the molecule is Cc1cc(CNC(=O)c2ccc(S(=O)(=O)NCC(F)F)cc2)on1. The van der Waals surface area contributed by atoms with E-state index in [1.54, 1.807) is 17.7 Å². The van der Waals surface area contributed by atoms with E-state index in [-0.39, 0.29) is 17.0 Å². The van der Waals surface area contributed by atoms with Crippen molar-refractivity contribution < 1.29 is 26.5 Å². The number of aryl methyl sites for hydroxylation is 1. The van der Waals surface area contributed by atoms with Gasteiger partial charge in [-0.3, -0.25) is 4.79 Å². The summed E-state index contributed by atoms with van der Waals surface area (Å²) in [4.78, 5) is 11.8. The zero-order valence-electron chi connectivity index (χ0n) is 12.6. The van der Waals surface area contributed by atoms with Crippen LogP contribution in [0.25, 0.3) is 0 Å². The monoisotopic (exact) mass is 359 g/mol. The minimum absolute atomic E-state index is 0.135. The fraction of sp³-hybridized carbons (Fsp3) is 0.286. The second-order valence-corrected chi connectivity index (χ2v) is 6.65. The third-order valence-corrected chi connectivity index (χ3v) is 4.39. The zero-order chi connectivity index (χ0) is 17.7. The largest absolute Gasteiger partial charge is 0.359 e. The molecule has 2 N–H and O–H groups in total. The van der Waals surface area contributed by atoms with Gasteiger partial charge in [0.25, 0.3) is 12.3 Å². The van der Waals surface area contributed by atoms with E-state index < -0.39 is 28.9 Å². The lowest BCUT2D eigenvalue weighted by Gasteiger charge is -2.07. The van der Waals surface area contributed by atoms with Gasteiger partial charge < -0.3 is 9.84 Å². The summed E-state index contributed by atoms with van der Waals surface area (Å²) in [5.41, 5.74) is 0.907. The first-order valence-corrected chi connectivity index (χ1v) is 8.34. The first-order valence-electron chi connectivity index (χ1n) is 6.86. The van der Waals surface area contributed by atoms with Crippen LogP contribution in [0.2, 0.25) is 0 Å². The van der Waals surface area contributed by atoms with E-state index in [2.05, 4.69) is 10.5 Å². The molecule has 0 atom stereocenters. The number of nitrogens with one attached hydrogen (secondary N) is 2. The molecule has 0 saturated carbocycles. The summed E-state index contributed by atoms with van der Waals surface area (Å²) >= 11 is 0. The molecule has 0 fully saturated rings. The fourth-order valence-electron chi connectivity index (χ4n) is 1.81. The highest BCUT2D eigenvalue weighted by molar-refractivity contribution is 7.89. The number of rotatable bonds is 7. The minimum atomic E-state index is -4.04. The number of amides is 1. The Kier molecular flexibility index (Phi) is 5.62. The Hall–Kier alpha value is -2.33. The molecule has 0 spiro atoms. The topological polar surface area (TPSA) is 101 Å². The third kappa shape index (κ3) is 4.83. The summed E-state index contributed by atoms with van der Waals surface area (Å²) < 4.78 is 54.4. The van der Waals surface area contributed by atoms with E-state index in [4.69, 9.17) is 4.52 Å². The summed E-state index contributed by atoms with van der Waals surface area (Å²) in [6.45, 7) is 0.910. The number of carbonyl (C=O) groups excluding carboxylic acids is 1. The summed E-state index contributed by atoms with van der Waals surface area (Å²) in [5, 5.41) is 6.27. The number of sulfonamides is 1. The van der Waals surface area contributed by atoms with Crippen molar-refractivity contribution in [3.8, 4) is 0 Å². The number of benzene rings is 1. The van der Waals surface area contributed by atoms with Crippen LogP contribution in [0.1, 0.15) is 21.8 Å². The highest BCUT2D eigenvalue weighted by atomic mass is 32.2. The molecule has 0 aliphatic carbocycles. The number of halogens is 2. The summed E-state index contributed by atoms with van der Waals surface area (Å²) in [5.74, 6) is 0.0461. The van der Waals surface area contributed by atoms with Crippen LogP contribution in [-0.4, -0.2) is 32.5 Å². The van der Waals surface area contributed by atoms with E-state index in [9.17, 15) is 22.0 Å². The van der Waals surface area contributed by atoms with Crippen LogP contribution in [0.3, 0.4) is 0 Å². The Balaban J connectivity index is 1.99. The first kappa shape index (κ1) is 18.0. The van der Waals surface area contributed by atoms with Gasteiger partial charge in [-0.05, 0) is 31.2 Å². The highest BCUT2D eigenvalue weighted by Gasteiger charge is 2.17. The van der Waals surface area contributed by atoms with Crippen LogP contribution < -0.4 is 10.0 Å². The number of aromatic nitrogens is 1. The first-order chi connectivity index (χ1) is 11.3. The molecular weight excluding hydrogens is 344 g/mol.